The van der Waals surface area contributed by atoms with Gasteiger partial charge in [0.15, 0.2) is 0 Å². The molecule has 0 saturated carbocycles. The van der Waals surface area contributed by atoms with Gasteiger partial charge >= 0.3 is 5.97 Å². The lowest BCUT2D eigenvalue weighted by Crippen LogP contribution is -2.49. The molecule has 0 bridgehead atoms. The Hall–Kier alpha value is -3.39. The first-order valence-electron chi connectivity index (χ1n) is 9.76. The number of carboxylic acids is 1. The molecule has 0 unspecified atom stereocenters. The third-order valence-electron chi connectivity index (χ3n) is 5.11. The Labute approximate surface area is 175 Å². The molecular formula is C22H26N4O4. The molecule has 8 heteroatoms. The summed E-state index contributed by atoms with van der Waals surface area (Å²) >= 11 is 0. The monoisotopic (exact) mass is 410 g/mol. The minimum atomic E-state index is -1.10. The van der Waals surface area contributed by atoms with E-state index >= 15 is 0 Å². The zero-order chi connectivity index (χ0) is 21.7. The molecule has 8 nitrogen and oxygen atoms in total. The molecule has 2 aromatic carbocycles. The first-order chi connectivity index (χ1) is 14.3. The second-order valence-electron chi connectivity index (χ2n) is 7.41. The standard InChI is InChI=1S/C22H26N4O4/c1-24(2)20(27)15-25-10-12-26(13-11-25)17-8-9-19(18(14-17)22(29)30)23-21(28)16-6-4-3-5-7-16/h3-9,14H,10-13,15H2,1-2H3,(H,23,28)(H,29,30). The van der Waals surface area contributed by atoms with E-state index in [0.29, 0.717) is 38.3 Å². The molecule has 1 aliphatic heterocycles. The van der Waals surface area contributed by atoms with E-state index in [2.05, 4.69) is 15.1 Å². The van der Waals surface area contributed by atoms with E-state index in [9.17, 15) is 19.5 Å². The summed E-state index contributed by atoms with van der Waals surface area (Å²) in [5, 5.41) is 12.3. The lowest BCUT2D eigenvalue weighted by atomic mass is 10.1. The highest BCUT2D eigenvalue weighted by Gasteiger charge is 2.22. The van der Waals surface area contributed by atoms with E-state index < -0.39 is 5.97 Å². The SMILES string of the molecule is CN(C)C(=O)CN1CCN(c2ccc(NC(=O)c3ccccc3)c(C(=O)O)c2)CC1. The molecule has 1 saturated heterocycles. The molecule has 0 radical (unpaired) electrons. The molecule has 1 heterocycles. The van der Waals surface area contributed by atoms with Gasteiger partial charge < -0.3 is 20.2 Å². The molecule has 0 aromatic heterocycles. The van der Waals surface area contributed by atoms with Crippen LogP contribution in [-0.2, 0) is 4.79 Å². The number of carbonyl (C=O) groups is 3. The van der Waals surface area contributed by atoms with E-state index in [0.717, 1.165) is 5.69 Å². The summed E-state index contributed by atoms with van der Waals surface area (Å²) in [6.07, 6.45) is 0. The number of hydrogen-bond acceptors (Lipinski definition) is 5. The number of likely N-dealkylation sites (N-methyl/N-ethyl adjacent to an activating group) is 1. The number of piperazine rings is 1. The Morgan fingerprint density at radius 2 is 1.67 bits per heavy atom. The summed E-state index contributed by atoms with van der Waals surface area (Å²) in [4.78, 5) is 41.8. The van der Waals surface area contributed by atoms with Gasteiger partial charge in [-0.05, 0) is 30.3 Å². The van der Waals surface area contributed by atoms with Crippen LogP contribution in [0, 0.1) is 0 Å². The second-order valence-corrected chi connectivity index (χ2v) is 7.41. The van der Waals surface area contributed by atoms with Crippen molar-refractivity contribution in [3.8, 4) is 0 Å². The number of amides is 2. The highest BCUT2D eigenvalue weighted by Crippen LogP contribution is 2.25. The molecule has 30 heavy (non-hydrogen) atoms. The molecule has 158 valence electrons. The molecule has 2 aromatic rings. The van der Waals surface area contributed by atoms with Crippen LogP contribution >= 0.6 is 0 Å². The summed E-state index contributed by atoms with van der Waals surface area (Å²) in [6.45, 7) is 3.19. The van der Waals surface area contributed by atoms with Crippen molar-refractivity contribution < 1.29 is 19.5 Å². The average Bonchev–Trinajstić information content (AvgIpc) is 2.75. The van der Waals surface area contributed by atoms with Gasteiger partial charge in [0.05, 0.1) is 17.8 Å². The molecule has 1 fully saturated rings. The van der Waals surface area contributed by atoms with Crippen molar-refractivity contribution in [1.82, 2.24) is 9.80 Å². The number of anilines is 2. The first kappa shape index (κ1) is 21.3. The van der Waals surface area contributed by atoms with Crippen molar-refractivity contribution in [2.45, 2.75) is 0 Å². The molecule has 0 spiro atoms. The molecule has 2 N–H and O–H groups in total. The van der Waals surface area contributed by atoms with Gasteiger partial charge in [0.1, 0.15) is 0 Å². The van der Waals surface area contributed by atoms with Gasteiger partial charge in [0, 0.05) is 51.5 Å². The number of aromatic carboxylic acids is 1. The van der Waals surface area contributed by atoms with Gasteiger partial charge in [-0.25, -0.2) is 4.79 Å². The number of nitrogens with zero attached hydrogens (tertiary/aromatic N) is 3. The quantitative estimate of drug-likeness (QED) is 0.755. The Morgan fingerprint density at radius 3 is 2.27 bits per heavy atom. The number of benzene rings is 2. The maximum Gasteiger partial charge on any atom is 0.337 e. The fourth-order valence-electron chi connectivity index (χ4n) is 3.30. The Balaban J connectivity index is 1.69. The molecule has 1 aliphatic rings. The summed E-state index contributed by atoms with van der Waals surface area (Å²) in [6, 6.07) is 13.7. The van der Waals surface area contributed by atoms with Gasteiger partial charge in [-0.2, -0.15) is 0 Å². The van der Waals surface area contributed by atoms with E-state index in [1.165, 1.54) is 0 Å². The Kier molecular flexibility index (Phi) is 6.68. The summed E-state index contributed by atoms with van der Waals surface area (Å²) in [5.41, 5.74) is 1.54. The van der Waals surface area contributed by atoms with Gasteiger partial charge in [-0.1, -0.05) is 18.2 Å². The maximum absolute atomic E-state index is 12.4. The van der Waals surface area contributed by atoms with Crippen LogP contribution in [0.1, 0.15) is 20.7 Å². The molecular weight excluding hydrogens is 384 g/mol. The summed E-state index contributed by atoms with van der Waals surface area (Å²) in [5.74, 6) is -1.39. The number of carboxylic acid groups (broad SMARTS) is 1. The average molecular weight is 410 g/mol. The lowest BCUT2D eigenvalue weighted by Gasteiger charge is -2.36. The van der Waals surface area contributed by atoms with Crippen LogP contribution in [0.15, 0.2) is 48.5 Å². The number of hydrogen-bond donors (Lipinski definition) is 2. The highest BCUT2D eigenvalue weighted by atomic mass is 16.4. The molecule has 3 rings (SSSR count). The lowest BCUT2D eigenvalue weighted by molar-refractivity contribution is -0.129. The predicted octanol–water partition coefficient (Wildman–Crippen LogP) is 1.85. The van der Waals surface area contributed by atoms with Gasteiger partial charge in [0.25, 0.3) is 5.91 Å². The van der Waals surface area contributed by atoms with Gasteiger partial charge in [-0.15, -0.1) is 0 Å². The Bertz CT molecular complexity index is 922. The minimum absolute atomic E-state index is 0.0435. The fourth-order valence-corrected chi connectivity index (χ4v) is 3.30. The van der Waals surface area contributed by atoms with Crippen molar-refractivity contribution >= 4 is 29.2 Å². The van der Waals surface area contributed by atoms with Crippen molar-refractivity contribution in [2.24, 2.45) is 0 Å². The Morgan fingerprint density at radius 1 is 1.00 bits per heavy atom. The molecule has 0 atom stereocenters. The topological polar surface area (TPSA) is 93.2 Å². The van der Waals surface area contributed by atoms with Crippen molar-refractivity contribution in [2.75, 3.05) is 57.0 Å². The van der Waals surface area contributed by atoms with Crippen LogP contribution in [0.2, 0.25) is 0 Å². The predicted molar refractivity (Wildman–Crippen MR) is 115 cm³/mol. The smallest absolute Gasteiger partial charge is 0.337 e. The summed E-state index contributed by atoms with van der Waals surface area (Å²) < 4.78 is 0. The maximum atomic E-state index is 12.4. The van der Waals surface area contributed by atoms with Crippen LogP contribution in [0.3, 0.4) is 0 Å². The zero-order valence-corrected chi connectivity index (χ0v) is 17.2. The number of carbonyl (C=O) groups excluding carboxylic acids is 2. The fraction of sp³-hybridized carbons (Fsp3) is 0.318. The van der Waals surface area contributed by atoms with E-state index in [4.69, 9.17) is 0 Å². The summed E-state index contributed by atoms with van der Waals surface area (Å²) in [7, 11) is 3.48. The van der Waals surface area contributed by atoms with Crippen LogP contribution in [0.25, 0.3) is 0 Å². The van der Waals surface area contributed by atoms with Gasteiger partial charge in [0.2, 0.25) is 5.91 Å². The van der Waals surface area contributed by atoms with Crippen LogP contribution in [-0.4, -0.2) is 79.5 Å². The highest BCUT2D eigenvalue weighted by molar-refractivity contribution is 6.08. The van der Waals surface area contributed by atoms with Crippen molar-refractivity contribution in [3.63, 3.8) is 0 Å². The van der Waals surface area contributed by atoms with Crippen LogP contribution in [0.4, 0.5) is 11.4 Å². The number of nitrogens with one attached hydrogen (secondary N) is 1. The van der Waals surface area contributed by atoms with E-state index in [1.54, 1.807) is 55.4 Å². The largest absolute Gasteiger partial charge is 0.478 e. The van der Waals surface area contributed by atoms with Gasteiger partial charge in [-0.3, -0.25) is 14.5 Å². The van der Waals surface area contributed by atoms with Crippen LogP contribution in [0.5, 0.6) is 0 Å². The van der Waals surface area contributed by atoms with Crippen molar-refractivity contribution in [1.29, 1.82) is 0 Å². The van der Waals surface area contributed by atoms with Crippen LogP contribution < -0.4 is 10.2 Å². The normalized spacial score (nSPS) is 14.3. The third kappa shape index (κ3) is 5.15. The van der Waals surface area contributed by atoms with Crippen molar-refractivity contribution in [3.05, 3.63) is 59.7 Å². The third-order valence-corrected chi connectivity index (χ3v) is 5.11. The minimum Gasteiger partial charge on any atom is -0.478 e. The molecule has 2 amide bonds. The first-order valence-corrected chi connectivity index (χ1v) is 9.76. The second kappa shape index (κ2) is 9.41. The van der Waals surface area contributed by atoms with E-state index in [-0.39, 0.29) is 23.1 Å². The zero-order valence-electron chi connectivity index (χ0n) is 17.2. The number of rotatable bonds is 6. The van der Waals surface area contributed by atoms with E-state index in [1.807, 2.05) is 12.1 Å². The molecule has 0 aliphatic carbocycles.